The number of allylic oxidation sites excluding steroid dienone is 3. The van der Waals surface area contributed by atoms with Gasteiger partial charge in [-0.15, -0.1) is 0 Å². The number of esters is 1. The Morgan fingerprint density at radius 1 is 1.19 bits per heavy atom. The molecule has 1 aromatic carbocycles. The van der Waals surface area contributed by atoms with Crippen molar-refractivity contribution >= 4 is 41.8 Å². The summed E-state index contributed by atoms with van der Waals surface area (Å²) in [5, 5.41) is 0.683. The molecule has 9 heteroatoms. The Labute approximate surface area is 241 Å². The van der Waals surface area contributed by atoms with Crippen LogP contribution in [-0.4, -0.2) is 34.2 Å². The molecular formula is C33H29BF2N2O4. The highest BCUT2D eigenvalue weighted by Crippen LogP contribution is 2.58. The Morgan fingerprint density at radius 2 is 2.00 bits per heavy atom. The lowest BCUT2D eigenvalue weighted by molar-refractivity contribution is -0.361. The van der Waals surface area contributed by atoms with E-state index < -0.39 is 12.6 Å². The molecule has 2 aromatic heterocycles. The number of hydrogen-bond donors (Lipinski definition) is 0. The molecule has 0 spiro atoms. The zero-order valence-electron chi connectivity index (χ0n) is 23.8. The first-order valence-corrected chi connectivity index (χ1v) is 14.3. The highest BCUT2D eigenvalue weighted by Gasteiger charge is 2.56. The van der Waals surface area contributed by atoms with Gasteiger partial charge in [-0.1, -0.05) is 11.8 Å². The first kappa shape index (κ1) is 26.5. The number of fused-ring (bicyclic) bond motifs is 6. The van der Waals surface area contributed by atoms with Crippen LogP contribution in [0.25, 0.3) is 23.1 Å². The van der Waals surface area contributed by atoms with Crippen LogP contribution in [-0.2, 0) is 9.53 Å². The second kappa shape index (κ2) is 9.28. The van der Waals surface area contributed by atoms with Crippen molar-refractivity contribution in [2.45, 2.75) is 46.5 Å². The molecule has 6 nitrogen and oxygen atoms in total. The predicted octanol–water partition coefficient (Wildman–Crippen LogP) is 5.95. The summed E-state index contributed by atoms with van der Waals surface area (Å²) in [6.07, 6.45) is 8.09. The predicted molar refractivity (Wildman–Crippen MR) is 158 cm³/mol. The van der Waals surface area contributed by atoms with Crippen LogP contribution in [0.15, 0.2) is 56.9 Å². The number of rotatable bonds is 4. The molecule has 2 aliphatic heterocycles. The summed E-state index contributed by atoms with van der Waals surface area (Å²) in [5.74, 6) is 6.12. The molecule has 0 saturated heterocycles. The van der Waals surface area contributed by atoms with E-state index in [2.05, 4.69) is 11.8 Å². The number of nitrogens with zero attached hydrogens (tertiary/aromatic N) is 2. The maximum atomic E-state index is 16.0. The van der Waals surface area contributed by atoms with Crippen LogP contribution in [0, 0.1) is 37.5 Å². The van der Waals surface area contributed by atoms with Crippen LogP contribution in [0.3, 0.4) is 0 Å². The van der Waals surface area contributed by atoms with Gasteiger partial charge in [-0.25, -0.2) is 4.79 Å². The third-order valence-electron chi connectivity index (χ3n) is 8.95. The van der Waals surface area contributed by atoms with Crippen LogP contribution < -0.4 is 5.63 Å². The molecular weight excluding hydrogens is 537 g/mol. The molecule has 7 rings (SSSR count). The molecule has 42 heavy (non-hydrogen) atoms. The van der Waals surface area contributed by atoms with Gasteiger partial charge in [0.1, 0.15) is 5.58 Å². The highest BCUT2D eigenvalue weighted by atomic mass is 19.2. The van der Waals surface area contributed by atoms with Crippen LogP contribution in [0.5, 0.6) is 0 Å². The molecule has 2 aliphatic carbocycles. The van der Waals surface area contributed by atoms with E-state index in [9.17, 15) is 9.59 Å². The fourth-order valence-electron chi connectivity index (χ4n) is 7.02. The van der Waals surface area contributed by atoms with Crippen molar-refractivity contribution in [1.29, 1.82) is 0 Å². The van der Waals surface area contributed by atoms with Gasteiger partial charge in [0, 0.05) is 52.8 Å². The smallest absolute Gasteiger partial charge is 0.466 e. The first-order valence-electron chi connectivity index (χ1n) is 14.3. The summed E-state index contributed by atoms with van der Waals surface area (Å²) in [4.78, 5) is 25.6. The highest BCUT2D eigenvalue weighted by molar-refractivity contribution is 6.58. The van der Waals surface area contributed by atoms with Gasteiger partial charge in [-0.2, -0.15) is 0 Å². The van der Waals surface area contributed by atoms with Crippen molar-refractivity contribution in [2.24, 2.45) is 11.8 Å². The molecule has 1 fully saturated rings. The van der Waals surface area contributed by atoms with E-state index in [-0.39, 0.29) is 29.3 Å². The minimum atomic E-state index is -4.14. The van der Waals surface area contributed by atoms with Gasteiger partial charge in [0.25, 0.3) is 0 Å². The van der Waals surface area contributed by atoms with Crippen LogP contribution in [0.1, 0.15) is 66.2 Å². The van der Waals surface area contributed by atoms with Gasteiger partial charge < -0.3 is 26.7 Å². The molecule has 212 valence electrons. The number of carbonyl (C=O) groups is 1. The van der Waals surface area contributed by atoms with E-state index in [4.69, 9.17) is 9.15 Å². The summed E-state index contributed by atoms with van der Waals surface area (Å²) in [6, 6.07) is 7.18. The Balaban J connectivity index is 1.29. The number of carbonyl (C=O) groups excluding carboxylic acids is 1. The number of halogens is 2. The second-order valence-corrected chi connectivity index (χ2v) is 11.6. The molecule has 0 amide bonds. The third-order valence-corrected chi connectivity index (χ3v) is 8.95. The third kappa shape index (κ3) is 3.88. The lowest BCUT2D eigenvalue weighted by atomic mass is 9.89. The topological polar surface area (TPSA) is 64.4 Å². The zero-order chi connectivity index (χ0) is 29.5. The Kier molecular flexibility index (Phi) is 5.85. The van der Waals surface area contributed by atoms with Gasteiger partial charge >= 0.3 is 18.6 Å². The largest absolute Gasteiger partial charge is 0.737 e. The second-order valence-electron chi connectivity index (χ2n) is 11.6. The van der Waals surface area contributed by atoms with Gasteiger partial charge in [0.05, 0.1) is 18.1 Å². The maximum absolute atomic E-state index is 16.0. The van der Waals surface area contributed by atoms with Gasteiger partial charge in [0.15, 0.2) is 11.4 Å². The lowest BCUT2D eigenvalue weighted by Gasteiger charge is -2.30. The molecule has 3 unspecified atom stereocenters. The monoisotopic (exact) mass is 566 g/mol. The summed E-state index contributed by atoms with van der Waals surface area (Å²) < 4.78 is 45.1. The number of aryl methyl sites for hydroxylation is 2. The van der Waals surface area contributed by atoms with E-state index in [0.29, 0.717) is 46.8 Å². The van der Waals surface area contributed by atoms with Gasteiger partial charge in [0.2, 0.25) is 0 Å². The van der Waals surface area contributed by atoms with Crippen LogP contribution in [0.4, 0.5) is 8.63 Å². The number of hydrogen-bond acceptors (Lipinski definition) is 4. The molecule has 0 N–H and O–H groups in total. The number of ether oxygens (including phenoxy) is 1. The fourth-order valence-corrected chi connectivity index (χ4v) is 7.02. The van der Waals surface area contributed by atoms with Crippen LogP contribution in [0.2, 0.25) is 0 Å². The van der Waals surface area contributed by atoms with Crippen molar-refractivity contribution in [1.82, 2.24) is 4.48 Å². The van der Waals surface area contributed by atoms with Gasteiger partial charge in [-0.05, 0) is 87.2 Å². The number of aromatic nitrogens is 1. The fraction of sp³-hybridized carbons (Fsp3) is 0.303. The van der Waals surface area contributed by atoms with Crippen molar-refractivity contribution in [3.63, 3.8) is 0 Å². The molecule has 4 heterocycles. The summed E-state index contributed by atoms with van der Waals surface area (Å²) >= 11 is 0. The van der Waals surface area contributed by atoms with Crippen molar-refractivity contribution < 1.29 is 27.1 Å². The quantitative estimate of drug-likeness (QED) is 0.169. The molecule has 3 atom stereocenters. The number of benzene rings is 1. The summed E-state index contributed by atoms with van der Waals surface area (Å²) in [7, 11) is 0. The van der Waals surface area contributed by atoms with E-state index >= 15 is 8.63 Å². The van der Waals surface area contributed by atoms with Crippen molar-refractivity contribution in [3.05, 3.63) is 91.7 Å². The average molecular weight is 566 g/mol. The SMILES string of the molecule is CCOC(=O)C1C2CCC#Cc3cc4oc(=O)c(/C=C/C5=[N+]6C(=Cc7c(C)cc(C)n7[B-]6(F)F)C(C)=C5)cc4cc3C21. The Morgan fingerprint density at radius 3 is 2.79 bits per heavy atom. The molecule has 0 bridgehead atoms. The van der Waals surface area contributed by atoms with E-state index in [1.165, 1.54) is 6.08 Å². The normalized spacial score (nSPS) is 23.1. The standard InChI is InChI=1S/C33H29BF2N2O4/c1-5-41-33(40)31-25-9-7-6-8-21-16-29-23(15-26(21)30(25)31)14-22(32(39)42-29)10-11-24-13-19(3)28-17-27-18(2)12-20(4)37(27)34(35,36)38(24)28/h10-17,25,30-31H,5,7,9H2,1-4H3/b11-10+. The van der Waals surface area contributed by atoms with Crippen LogP contribution >= 0.6 is 0 Å². The molecule has 1 saturated carbocycles. The zero-order valence-corrected chi connectivity index (χ0v) is 23.8. The molecule has 3 aromatic rings. The average Bonchev–Trinajstić information content (AvgIpc) is 3.41. The van der Waals surface area contributed by atoms with Crippen molar-refractivity contribution in [3.8, 4) is 11.8 Å². The van der Waals surface area contributed by atoms with Crippen molar-refractivity contribution in [2.75, 3.05) is 6.61 Å². The summed E-state index contributed by atoms with van der Waals surface area (Å²) in [6.45, 7) is 3.32. The van der Waals surface area contributed by atoms with E-state index in [0.717, 1.165) is 37.6 Å². The minimum Gasteiger partial charge on any atom is -0.466 e. The Hall–Kier alpha value is -4.45. The minimum absolute atomic E-state index is 0.00516. The molecule has 4 aliphatic rings. The van der Waals surface area contributed by atoms with E-state index in [1.54, 1.807) is 50.3 Å². The Bertz CT molecular complexity index is 1980. The maximum Gasteiger partial charge on any atom is 0.737 e. The van der Waals surface area contributed by atoms with E-state index in [1.807, 2.05) is 19.9 Å². The first-order chi connectivity index (χ1) is 20.1. The molecule has 0 radical (unpaired) electrons. The lowest BCUT2D eigenvalue weighted by Crippen LogP contribution is -2.50. The van der Waals surface area contributed by atoms with Gasteiger partial charge in [-0.3, -0.25) is 4.79 Å². The summed E-state index contributed by atoms with van der Waals surface area (Å²) in [5.41, 5.74) is 5.04.